The highest BCUT2D eigenvalue weighted by Crippen LogP contribution is 2.38. The summed E-state index contributed by atoms with van der Waals surface area (Å²) in [5.41, 5.74) is 1.95. The predicted molar refractivity (Wildman–Crippen MR) is 77.4 cm³/mol. The van der Waals surface area contributed by atoms with Crippen molar-refractivity contribution in [3.05, 3.63) is 64.7 Å². The molecule has 104 valence electrons. The lowest BCUT2D eigenvalue weighted by Gasteiger charge is -2.13. The molecule has 0 aliphatic carbocycles. The molecule has 0 N–H and O–H groups in total. The van der Waals surface area contributed by atoms with Crippen LogP contribution in [-0.2, 0) is 6.42 Å². The van der Waals surface area contributed by atoms with Crippen LogP contribution in [0.2, 0.25) is 0 Å². The van der Waals surface area contributed by atoms with Crippen LogP contribution in [0.15, 0.2) is 36.4 Å². The van der Waals surface area contributed by atoms with Crippen LogP contribution in [0.4, 0.5) is 8.78 Å². The fourth-order valence-corrected chi connectivity index (χ4v) is 3.24. The molecule has 1 heterocycles. The molecule has 0 amide bonds. The minimum Gasteiger partial charge on any atom is -0.490 e. The normalized spacial score (nSPS) is 18.5. The van der Waals surface area contributed by atoms with E-state index in [4.69, 9.17) is 4.74 Å². The maximum Gasteiger partial charge on any atom is 0.130 e. The lowest BCUT2D eigenvalue weighted by atomic mass is 10.00. The summed E-state index contributed by atoms with van der Waals surface area (Å²) in [5, 5.41) is 0. The first kappa shape index (κ1) is 13.6. The summed E-state index contributed by atoms with van der Waals surface area (Å²) in [5.74, 6) is -0.232. The van der Waals surface area contributed by atoms with Gasteiger partial charge in [-0.05, 0) is 36.2 Å². The quantitative estimate of drug-likeness (QED) is 0.716. The van der Waals surface area contributed by atoms with Crippen LogP contribution in [0, 0.1) is 11.6 Å². The van der Waals surface area contributed by atoms with E-state index >= 15 is 0 Å². The van der Waals surface area contributed by atoms with Gasteiger partial charge < -0.3 is 4.74 Å². The highest BCUT2D eigenvalue weighted by molar-refractivity contribution is 9.09. The Morgan fingerprint density at radius 1 is 1.20 bits per heavy atom. The summed E-state index contributed by atoms with van der Waals surface area (Å²) >= 11 is 3.40. The standard InChI is InChI=1S/C16H13BrF2O/c1-9-7-11-8-10(5-6-14(11)20-9)16(17)15-12(18)3-2-4-13(15)19/h2-6,8-9,16H,7H2,1H3. The zero-order valence-corrected chi connectivity index (χ0v) is 12.5. The summed E-state index contributed by atoms with van der Waals surface area (Å²) in [6.07, 6.45) is 0.974. The summed E-state index contributed by atoms with van der Waals surface area (Å²) in [7, 11) is 0. The number of alkyl halides is 1. The van der Waals surface area contributed by atoms with Crippen LogP contribution in [0.3, 0.4) is 0 Å². The smallest absolute Gasteiger partial charge is 0.130 e. The Bertz CT molecular complexity index is 637. The van der Waals surface area contributed by atoms with E-state index < -0.39 is 16.5 Å². The van der Waals surface area contributed by atoms with Gasteiger partial charge in [-0.25, -0.2) is 8.78 Å². The Hall–Kier alpha value is -1.42. The number of hydrogen-bond donors (Lipinski definition) is 0. The first-order chi connectivity index (χ1) is 9.56. The molecule has 0 saturated heterocycles. The van der Waals surface area contributed by atoms with Crippen LogP contribution in [0.5, 0.6) is 5.75 Å². The monoisotopic (exact) mass is 338 g/mol. The van der Waals surface area contributed by atoms with E-state index in [0.717, 1.165) is 23.3 Å². The molecule has 0 bridgehead atoms. The molecule has 2 atom stereocenters. The molecular formula is C16H13BrF2O. The molecule has 1 aliphatic rings. The summed E-state index contributed by atoms with van der Waals surface area (Å²) in [4.78, 5) is -0.509. The molecule has 0 aromatic heterocycles. The van der Waals surface area contributed by atoms with Gasteiger partial charge in [-0.1, -0.05) is 34.1 Å². The Morgan fingerprint density at radius 2 is 1.90 bits per heavy atom. The Morgan fingerprint density at radius 3 is 2.60 bits per heavy atom. The molecule has 0 radical (unpaired) electrons. The molecule has 0 saturated carbocycles. The second-order valence-corrected chi connectivity index (χ2v) is 5.91. The van der Waals surface area contributed by atoms with Gasteiger partial charge in [-0.3, -0.25) is 0 Å². The number of fused-ring (bicyclic) bond motifs is 1. The third kappa shape index (κ3) is 2.33. The van der Waals surface area contributed by atoms with E-state index in [0.29, 0.717) is 0 Å². The molecule has 0 fully saturated rings. The van der Waals surface area contributed by atoms with Crippen molar-refractivity contribution < 1.29 is 13.5 Å². The summed E-state index contributed by atoms with van der Waals surface area (Å²) < 4.78 is 33.3. The summed E-state index contributed by atoms with van der Waals surface area (Å²) in [6.45, 7) is 2.00. The van der Waals surface area contributed by atoms with Crippen molar-refractivity contribution in [2.24, 2.45) is 0 Å². The van der Waals surface area contributed by atoms with Crippen molar-refractivity contribution in [2.45, 2.75) is 24.3 Å². The Balaban J connectivity index is 2.00. The lowest BCUT2D eigenvalue weighted by molar-refractivity contribution is 0.254. The molecule has 0 spiro atoms. The van der Waals surface area contributed by atoms with E-state index in [1.165, 1.54) is 18.2 Å². The highest BCUT2D eigenvalue weighted by atomic mass is 79.9. The average Bonchev–Trinajstić information content (AvgIpc) is 2.77. The number of benzene rings is 2. The molecule has 2 unspecified atom stereocenters. The van der Waals surface area contributed by atoms with Crippen LogP contribution < -0.4 is 4.74 Å². The summed E-state index contributed by atoms with van der Waals surface area (Å²) in [6, 6.07) is 9.55. The van der Waals surface area contributed by atoms with Crippen LogP contribution in [0.1, 0.15) is 28.4 Å². The molecule has 2 aromatic carbocycles. The minimum absolute atomic E-state index is 0.0411. The van der Waals surface area contributed by atoms with Crippen LogP contribution in [0.25, 0.3) is 0 Å². The topological polar surface area (TPSA) is 9.23 Å². The number of halogens is 3. The molecular weight excluding hydrogens is 326 g/mol. The third-order valence-corrected chi connectivity index (χ3v) is 4.45. The van der Waals surface area contributed by atoms with E-state index in [2.05, 4.69) is 15.9 Å². The molecule has 1 nitrogen and oxygen atoms in total. The molecule has 20 heavy (non-hydrogen) atoms. The van der Waals surface area contributed by atoms with Gasteiger partial charge in [0.15, 0.2) is 0 Å². The van der Waals surface area contributed by atoms with Crippen molar-refractivity contribution in [1.82, 2.24) is 0 Å². The average molecular weight is 339 g/mol. The van der Waals surface area contributed by atoms with Crippen LogP contribution in [-0.4, -0.2) is 6.10 Å². The van der Waals surface area contributed by atoms with Gasteiger partial charge in [0, 0.05) is 12.0 Å². The van der Waals surface area contributed by atoms with Gasteiger partial charge in [0.05, 0.1) is 4.83 Å². The molecule has 4 heteroatoms. The molecule has 2 aromatic rings. The Kier molecular flexibility index (Phi) is 3.50. The molecule has 3 rings (SSSR count). The van der Waals surface area contributed by atoms with Crippen molar-refractivity contribution in [3.8, 4) is 5.75 Å². The number of rotatable bonds is 2. The van der Waals surface area contributed by atoms with Crippen molar-refractivity contribution >= 4 is 15.9 Å². The van der Waals surface area contributed by atoms with Gasteiger partial charge in [0.25, 0.3) is 0 Å². The molecule has 1 aliphatic heterocycles. The SMILES string of the molecule is CC1Cc2cc(C(Br)c3c(F)cccc3F)ccc2O1. The third-order valence-electron chi connectivity index (χ3n) is 3.47. The van der Waals surface area contributed by atoms with Gasteiger partial charge >= 0.3 is 0 Å². The second-order valence-electron chi connectivity index (χ2n) is 5.00. The number of ether oxygens (including phenoxy) is 1. The van der Waals surface area contributed by atoms with Crippen molar-refractivity contribution in [2.75, 3.05) is 0 Å². The minimum atomic E-state index is -0.544. The van der Waals surface area contributed by atoms with Gasteiger partial charge in [-0.15, -0.1) is 0 Å². The fraction of sp³-hybridized carbons (Fsp3) is 0.250. The van der Waals surface area contributed by atoms with Crippen molar-refractivity contribution in [1.29, 1.82) is 0 Å². The highest BCUT2D eigenvalue weighted by Gasteiger charge is 2.23. The zero-order valence-electron chi connectivity index (χ0n) is 10.9. The van der Waals surface area contributed by atoms with E-state index in [-0.39, 0.29) is 11.7 Å². The van der Waals surface area contributed by atoms with Crippen LogP contribution >= 0.6 is 15.9 Å². The second kappa shape index (κ2) is 5.17. The van der Waals surface area contributed by atoms with E-state index in [1.54, 1.807) is 0 Å². The predicted octanol–water partition coefficient (Wildman–Crippen LogP) is 4.77. The zero-order chi connectivity index (χ0) is 14.3. The van der Waals surface area contributed by atoms with Gasteiger partial charge in [0.1, 0.15) is 23.5 Å². The van der Waals surface area contributed by atoms with E-state index in [9.17, 15) is 8.78 Å². The number of hydrogen-bond acceptors (Lipinski definition) is 1. The first-order valence-corrected chi connectivity index (χ1v) is 7.35. The largest absolute Gasteiger partial charge is 0.490 e. The van der Waals surface area contributed by atoms with E-state index in [1.807, 2.05) is 25.1 Å². The maximum atomic E-state index is 13.8. The maximum absolute atomic E-state index is 13.8. The first-order valence-electron chi connectivity index (χ1n) is 6.43. The van der Waals surface area contributed by atoms with Gasteiger partial charge in [0.2, 0.25) is 0 Å². The lowest BCUT2D eigenvalue weighted by Crippen LogP contribution is -2.05. The van der Waals surface area contributed by atoms with Crippen molar-refractivity contribution in [3.63, 3.8) is 0 Å². The van der Waals surface area contributed by atoms with Gasteiger partial charge in [-0.2, -0.15) is 0 Å². The Labute approximate surface area is 124 Å². The fourth-order valence-electron chi connectivity index (χ4n) is 2.52.